The van der Waals surface area contributed by atoms with E-state index in [1.807, 2.05) is 19.2 Å². The summed E-state index contributed by atoms with van der Waals surface area (Å²) < 4.78 is 19.6. The molecule has 0 amide bonds. The molecular weight excluding hydrogens is 297 g/mol. The molecule has 18 heavy (non-hydrogen) atoms. The van der Waals surface area contributed by atoms with Gasteiger partial charge in [0.25, 0.3) is 0 Å². The van der Waals surface area contributed by atoms with Gasteiger partial charge in [-0.2, -0.15) is 0 Å². The minimum absolute atomic E-state index is 0.115. The molecule has 1 aliphatic heterocycles. The van der Waals surface area contributed by atoms with Crippen molar-refractivity contribution in [3.05, 3.63) is 34.1 Å². The van der Waals surface area contributed by atoms with Crippen LogP contribution in [0, 0.1) is 5.82 Å². The summed E-state index contributed by atoms with van der Waals surface area (Å²) in [6, 6.07) is 5.43. The molecule has 1 aromatic carbocycles. The first-order chi connectivity index (χ1) is 8.55. The molecular formula is C14H19BrFNO. The zero-order chi connectivity index (χ0) is 13.2. The molecule has 2 atom stereocenters. The van der Waals surface area contributed by atoms with Gasteiger partial charge in [0, 0.05) is 12.6 Å². The summed E-state index contributed by atoms with van der Waals surface area (Å²) in [5.74, 6) is -0.219. The molecule has 0 spiro atoms. The van der Waals surface area contributed by atoms with Crippen LogP contribution in [0.15, 0.2) is 22.7 Å². The van der Waals surface area contributed by atoms with Crippen molar-refractivity contribution in [2.45, 2.75) is 37.8 Å². The van der Waals surface area contributed by atoms with E-state index in [0.717, 1.165) is 31.4 Å². The van der Waals surface area contributed by atoms with Crippen LogP contribution in [0.25, 0.3) is 0 Å². The molecule has 1 fully saturated rings. The standard InChI is InChI=1S/C14H19BrFNO/c1-14(6-3-7-18-14)13(17-2)9-10-4-5-12(16)11(15)8-10/h4-5,8,13,17H,3,6-7,9H2,1-2H3. The van der Waals surface area contributed by atoms with E-state index in [2.05, 4.69) is 28.2 Å². The van der Waals surface area contributed by atoms with Gasteiger partial charge in [0.1, 0.15) is 5.82 Å². The second-order valence-corrected chi connectivity index (χ2v) is 5.91. The number of ether oxygens (including phenoxy) is 1. The second kappa shape index (κ2) is 5.68. The first-order valence-corrected chi connectivity index (χ1v) is 7.09. The van der Waals surface area contributed by atoms with Crippen LogP contribution < -0.4 is 5.32 Å². The van der Waals surface area contributed by atoms with Crippen molar-refractivity contribution in [2.75, 3.05) is 13.7 Å². The monoisotopic (exact) mass is 315 g/mol. The highest BCUT2D eigenvalue weighted by molar-refractivity contribution is 9.10. The van der Waals surface area contributed by atoms with E-state index in [1.165, 1.54) is 6.07 Å². The molecule has 0 bridgehead atoms. The Morgan fingerprint density at radius 1 is 1.56 bits per heavy atom. The smallest absolute Gasteiger partial charge is 0.137 e. The van der Waals surface area contributed by atoms with Crippen molar-refractivity contribution in [3.8, 4) is 0 Å². The van der Waals surface area contributed by atoms with Gasteiger partial charge in [-0.05, 0) is 66.9 Å². The lowest BCUT2D eigenvalue weighted by molar-refractivity contribution is -0.00944. The van der Waals surface area contributed by atoms with Gasteiger partial charge < -0.3 is 10.1 Å². The van der Waals surface area contributed by atoms with E-state index >= 15 is 0 Å². The highest BCUT2D eigenvalue weighted by Crippen LogP contribution is 2.30. The first kappa shape index (κ1) is 14.0. The van der Waals surface area contributed by atoms with E-state index in [1.54, 1.807) is 0 Å². The number of likely N-dealkylation sites (N-methyl/N-ethyl adjacent to an activating group) is 1. The summed E-state index contributed by atoms with van der Waals surface area (Å²) in [6.45, 7) is 2.99. The number of hydrogen-bond acceptors (Lipinski definition) is 2. The number of nitrogens with one attached hydrogen (secondary N) is 1. The van der Waals surface area contributed by atoms with Crippen LogP contribution in [0.3, 0.4) is 0 Å². The average molecular weight is 316 g/mol. The number of hydrogen-bond donors (Lipinski definition) is 1. The third-order valence-electron chi connectivity index (χ3n) is 3.76. The zero-order valence-electron chi connectivity index (χ0n) is 10.8. The predicted molar refractivity (Wildman–Crippen MR) is 74.2 cm³/mol. The maximum absolute atomic E-state index is 13.2. The van der Waals surface area contributed by atoms with Crippen LogP contribution in [0.4, 0.5) is 4.39 Å². The molecule has 1 aromatic rings. The summed E-state index contributed by atoms with van der Waals surface area (Å²) in [4.78, 5) is 0. The molecule has 1 aliphatic rings. The summed E-state index contributed by atoms with van der Waals surface area (Å²) >= 11 is 3.23. The SMILES string of the molecule is CNC(Cc1ccc(F)c(Br)c1)C1(C)CCCO1. The van der Waals surface area contributed by atoms with Gasteiger partial charge in [0.2, 0.25) is 0 Å². The third kappa shape index (κ3) is 2.92. The van der Waals surface area contributed by atoms with Crippen LogP contribution in [-0.4, -0.2) is 25.3 Å². The maximum Gasteiger partial charge on any atom is 0.137 e. The van der Waals surface area contributed by atoms with Crippen molar-refractivity contribution in [2.24, 2.45) is 0 Å². The Hall–Kier alpha value is -0.450. The van der Waals surface area contributed by atoms with Gasteiger partial charge in [-0.3, -0.25) is 0 Å². The van der Waals surface area contributed by atoms with Crippen LogP contribution in [-0.2, 0) is 11.2 Å². The first-order valence-electron chi connectivity index (χ1n) is 6.30. The van der Waals surface area contributed by atoms with E-state index in [9.17, 15) is 4.39 Å². The van der Waals surface area contributed by atoms with Crippen molar-refractivity contribution >= 4 is 15.9 Å². The average Bonchev–Trinajstić information content (AvgIpc) is 2.78. The van der Waals surface area contributed by atoms with Gasteiger partial charge >= 0.3 is 0 Å². The maximum atomic E-state index is 13.2. The normalized spacial score (nSPS) is 25.3. The third-order valence-corrected chi connectivity index (χ3v) is 4.37. The Morgan fingerprint density at radius 3 is 2.89 bits per heavy atom. The summed E-state index contributed by atoms with van der Waals surface area (Å²) in [5, 5.41) is 3.33. The predicted octanol–water partition coefficient (Wildman–Crippen LogP) is 3.29. The minimum atomic E-state index is -0.219. The van der Waals surface area contributed by atoms with E-state index in [0.29, 0.717) is 4.47 Å². The van der Waals surface area contributed by atoms with Crippen LogP contribution in [0.5, 0.6) is 0 Å². The van der Waals surface area contributed by atoms with Crippen molar-refractivity contribution in [3.63, 3.8) is 0 Å². The topological polar surface area (TPSA) is 21.3 Å². The molecule has 4 heteroatoms. The summed E-state index contributed by atoms with van der Waals surface area (Å²) in [6.07, 6.45) is 3.02. The molecule has 0 aliphatic carbocycles. The van der Waals surface area contributed by atoms with Crippen LogP contribution in [0.2, 0.25) is 0 Å². The quantitative estimate of drug-likeness (QED) is 0.920. The van der Waals surface area contributed by atoms with E-state index in [4.69, 9.17) is 4.74 Å². The van der Waals surface area contributed by atoms with Crippen molar-refractivity contribution in [1.82, 2.24) is 5.32 Å². The van der Waals surface area contributed by atoms with E-state index in [-0.39, 0.29) is 17.5 Å². The van der Waals surface area contributed by atoms with Gasteiger partial charge in [-0.25, -0.2) is 4.39 Å². The molecule has 0 radical (unpaired) electrons. The summed E-state index contributed by atoms with van der Waals surface area (Å²) in [5.41, 5.74) is 0.995. The fourth-order valence-corrected chi connectivity index (χ4v) is 3.03. The molecule has 1 heterocycles. The number of benzene rings is 1. The summed E-state index contributed by atoms with van der Waals surface area (Å²) in [7, 11) is 1.95. The molecule has 1 N–H and O–H groups in total. The minimum Gasteiger partial charge on any atom is -0.374 e. The van der Waals surface area contributed by atoms with Crippen molar-refractivity contribution in [1.29, 1.82) is 0 Å². The molecule has 2 nitrogen and oxygen atoms in total. The van der Waals surface area contributed by atoms with Gasteiger partial charge in [0.15, 0.2) is 0 Å². The molecule has 0 aromatic heterocycles. The molecule has 2 unspecified atom stereocenters. The number of halogens is 2. The van der Waals surface area contributed by atoms with E-state index < -0.39 is 0 Å². The van der Waals surface area contributed by atoms with Crippen molar-refractivity contribution < 1.29 is 9.13 Å². The van der Waals surface area contributed by atoms with Gasteiger partial charge in [-0.15, -0.1) is 0 Å². The molecule has 2 rings (SSSR count). The largest absolute Gasteiger partial charge is 0.374 e. The highest BCUT2D eigenvalue weighted by Gasteiger charge is 2.37. The highest BCUT2D eigenvalue weighted by atomic mass is 79.9. The van der Waals surface area contributed by atoms with Crippen LogP contribution in [0.1, 0.15) is 25.3 Å². The fraction of sp³-hybridized carbons (Fsp3) is 0.571. The zero-order valence-corrected chi connectivity index (χ0v) is 12.4. The Balaban J connectivity index is 2.12. The Morgan fingerprint density at radius 2 is 2.33 bits per heavy atom. The Labute approximate surface area is 116 Å². The lowest BCUT2D eigenvalue weighted by Gasteiger charge is -2.33. The Kier molecular flexibility index (Phi) is 4.41. The molecule has 1 saturated heterocycles. The fourth-order valence-electron chi connectivity index (χ4n) is 2.60. The van der Waals surface area contributed by atoms with Crippen LogP contribution >= 0.6 is 15.9 Å². The van der Waals surface area contributed by atoms with Gasteiger partial charge in [-0.1, -0.05) is 6.07 Å². The second-order valence-electron chi connectivity index (χ2n) is 5.06. The Bertz CT molecular complexity index is 418. The number of rotatable bonds is 4. The lowest BCUT2D eigenvalue weighted by Crippen LogP contribution is -2.48. The molecule has 100 valence electrons. The van der Waals surface area contributed by atoms with Gasteiger partial charge in [0.05, 0.1) is 10.1 Å². The lowest BCUT2D eigenvalue weighted by atomic mass is 9.88. The molecule has 0 saturated carbocycles.